The third-order valence-corrected chi connectivity index (χ3v) is 8.22. The summed E-state index contributed by atoms with van der Waals surface area (Å²) in [6, 6.07) is 16.4. The molecular formula is C25H29N5O4S. The summed E-state index contributed by atoms with van der Waals surface area (Å²) in [5.74, 6) is -0.350. The second-order valence-corrected chi connectivity index (χ2v) is 10.5. The lowest BCUT2D eigenvalue weighted by Crippen LogP contribution is -2.50. The number of carbonyl (C=O) groups is 2. The van der Waals surface area contributed by atoms with Crippen molar-refractivity contribution in [1.29, 1.82) is 0 Å². The summed E-state index contributed by atoms with van der Waals surface area (Å²) in [6.07, 6.45) is 0. The summed E-state index contributed by atoms with van der Waals surface area (Å²) < 4.78 is 30.2. The van der Waals surface area contributed by atoms with Crippen molar-refractivity contribution in [3.8, 4) is 0 Å². The highest BCUT2D eigenvalue weighted by atomic mass is 32.2. The van der Waals surface area contributed by atoms with Crippen molar-refractivity contribution < 1.29 is 18.0 Å². The number of hydrogen-bond donors (Lipinski definition) is 1. The highest BCUT2D eigenvalue weighted by Gasteiger charge is 2.34. The Kier molecular flexibility index (Phi) is 7.04. The van der Waals surface area contributed by atoms with Gasteiger partial charge in [-0.2, -0.15) is 9.40 Å². The number of nitrogens with zero attached hydrogens (tertiary/aromatic N) is 4. The maximum Gasteiger partial charge on any atom is 0.253 e. The number of nitrogens with one attached hydrogen (secondary N) is 1. The van der Waals surface area contributed by atoms with Crippen LogP contribution in [0.2, 0.25) is 0 Å². The summed E-state index contributed by atoms with van der Waals surface area (Å²) >= 11 is 0. The van der Waals surface area contributed by atoms with Gasteiger partial charge in [0.2, 0.25) is 15.9 Å². The molecule has 0 aliphatic carbocycles. The molecule has 184 valence electrons. The van der Waals surface area contributed by atoms with Gasteiger partial charge in [0.15, 0.2) is 0 Å². The maximum absolute atomic E-state index is 13.5. The summed E-state index contributed by atoms with van der Waals surface area (Å²) in [7, 11) is -3.75. The summed E-state index contributed by atoms with van der Waals surface area (Å²) in [6.45, 7) is 6.41. The molecule has 35 heavy (non-hydrogen) atoms. The zero-order chi connectivity index (χ0) is 25.2. The lowest BCUT2D eigenvalue weighted by molar-refractivity contribution is -0.114. The third-order valence-electron chi connectivity index (χ3n) is 6.07. The van der Waals surface area contributed by atoms with E-state index in [4.69, 9.17) is 0 Å². The molecular weight excluding hydrogens is 466 g/mol. The van der Waals surface area contributed by atoms with E-state index in [-0.39, 0.29) is 29.8 Å². The molecule has 2 aromatic carbocycles. The number of rotatable bonds is 6. The van der Waals surface area contributed by atoms with Crippen LogP contribution in [0.3, 0.4) is 0 Å². The fraction of sp³-hybridized carbons (Fsp3) is 0.320. The molecule has 1 N–H and O–H groups in total. The van der Waals surface area contributed by atoms with E-state index >= 15 is 0 Å². The van der Waals surface area contributed by atoms with Crippen LogP contribution in [0.15, 0.2) is 59.5 Å². The van der Waals surface area contributed by atoms with Crippen LogP contribution in [0.4, 0.5) is 5.69 Å². The van der Waals surface area contributed by atoms with Crippen LogP contribution < -0.4 is 5.32 Å². The van der Waals surface area contributed by atoms with Crippen LogP contribution in [0.1, 0.15) is 34.2 Å². The molecule has 1 aliphatic rings. The average Bonchev–Trinajstić information content (AvgIpc) is 3.12. The Labute approximate surface area is 205 Å². The van der Waals surface area contributed by atoms with Crippen LogP contribution >= 0.6 is 0 Å². The predicted molar refractivity (Wildman–Crippen MR) is 133 cm³/mol. The van der Waals surface area contributed by atoms with Gasteiger partial charge in [0, 0.05) is 44.4 Å². The van der Waals surface area contributed by atoms with Crippen molar-refractivity contribution >= 4 is 27.5 Å². The van der Waals surface area contributed by atoms with Gasteiger partial charge in [0.25, 0.3) is 5.91 Å². The minimum absolute atomic E-state index is 0.167. The first kappa shape index (κ1) is 24.6. The average molecular weight is 496 g/mol. The Bertz CT molecular complexity index is 1330. The zero-order valence-electron chi connectivity index (χ0n) is 20.1. The molecule has 4 rings (SSSR count). The van der Waals surface area contributed by atoms with Crippen molar-refractivity contribution in [2.45, 2.75) is 32.2 Å². The number of carbonyl (C=O) groups excluding carboxylic acids is 2. The van der Waals surface area contributed by atoms with Crippen molar-refractivity contribution in [3.05, 3.63) is 77.1 Å². The topological polar surface area (TPSA) is 105 Å². The Morgan fingerprint density at radius 2 is 1.57 bits per heavy atom. The summed E-state index contributed by atoms with van der Waals surface area (Å²) in [5.41, 5.74) is 3.22. The van der Waals surface area contributed by atoms with Gasteiger partial charge in [-0.05, 0) is 43.7 Å². The summed E-state index contributed by atoms with van der Waals surface area (Å²) in [5, 5.41) is 7.16. The van der Waals surface area contributed by atoms with Gasteiger partial charge in [0.1, 0.15) is 4.90 Å². The van der Waals surface area contributed by atoms with Crippen LogP contribution in [-0.4, -0.2) is 65.4 Å². The van der Waals surface area contributed by atoms with E-state index in [9.17, 15) is 18.0 Å². The van der Waals surface area contributed by atoms with Gasteiger partial charge in [-0.1, -0.05) is 30.3 Å². The van der Waals surface area contributed by atoms with Crippen molar-refractivity contribution in [2.24, 2.45) is 0 Å². The van der Waals surface area contributed by atoms with Gasteiger partial charge in [0.05, 0.1) is 17.9 Å². The number of aromatic nitrogens is 2. The highest BCUT2D eigenvalue weighted by molar-refractivity contribution is 7.89. The number of aryl methyl sites for hydroxylation is 1. The molecule has 3 aromatic rings. The monoisotopic (exact) mass is 495 g/mol. The Morgan fingerprint density at radius 1 is 0.943 bits per heavy atom. The summed E-state index contributed by atoms with van der Waals surface area (Å²) in [4.78, 5) is 26.0. The number of hydrogen-bond acceptors (Lipinski definition) is 5. The molecule has 10 heteroatoms. The zero-order valence-corrected chi connectivity index (χ0v) is 20.9. The quantitative estimate of drug-likeness (QED) is 0.566. The number of amides is 2. The van der Waals surface area contributed by atoms with Crippen molar-refractivity contribution in [3.63, 3.8) is 0 Å². The number of anilines is 1. The molecule has 1 aromatic heterocycles. The molecule has 0 radical (unpaired) electrons. The van der Waals surface area contributed by atoms with Crippen LogP contribution in [0.5, 0.6) is 0 Å². The normalized spacial score (nSPS) is 14.7. The molecule has 0 atom stereocenters. The molecule has 0 spiro atoms. The first-order valence-electron chi connectivity index (χ1n) is 11.4. The molecule has 1 fully saturated rings. The maximum atomic E-state index is 13.5. The van der Waals surface area contributed by atoms with Crippen molar-refractivity contribution in [2.75, 3.05) is 31.5 Å². The number of piperazine rings is 1. The van der Waals surface area contributed by atoms with E-state index in [0.717, 1.165) is 5.56 Å². The molecule has 0 saturated carbocycles. The van der Waals surface area contributed by atoms with Crippen molar-refractivity contribution in [1.82, 2.24) is 19.0 Å². The lowest BCUT2D eigenvalue weighted by atomic mass is 10.1. The Balaban J connectivity index is 1.44. The molecule has 0 unspecified atom stereocenters. The van der Waals surface area contributed by atoms with Crippen LogP contribution in [0.25, 0.3) is 0 Å². The van der Waals surface area contributed by atoms with Gasteiger partial charge in [-0.25, -0.2) is 8.42 Å². The Morgan fingerprint density at radius 3 is 2.17 bits per heavy atom. The molecule has 9 nitrogen and oxygen atoms in total. The van der Waals surface area contributed by atoms with Crippen LogP contribution in [-0.2, 0) is 21.4 Å². The molecule has 0 bridgehead atoms. The fourth-order valence-electron chi connectivity index (χ4n) is 4.31. The minimum atomic E-state index is -3.75. The van der Waals surface area contributed by atoms with Gasteiger partial charge in [-0.15, -0.1) is 0 Å². The molecule has 1 aliphatic heterocycles. The van der Waals surface area contributed by atoms with E-state index in [0.29, 0.717) is 42.3 Å². The van der Waals surface area contributed by atoms with E-state index < -0.39 is 10.0 Å². The fourth-order valence-corrected chi connectivity index (χ4v) is 6.10. The predicted octanol–water partition coefficient (Wildman–Crippen LogP) is 2.65. The number of benzene rings is 2. The second-order valence-electron chi connectivity index (χ2n) is 8.60. The first-order valence-corrected chi connectivity index (χ1v) is 12.9. The number of sulfonamides is 1. The molecule has 2 heterocycles. The van der Waals surface area contributed by atoms with Gasteiger partial charge >= 0.3 is 0 Å². The SMILES string of the molecule is CC(=O)Nc1ccc(C(=O)N2CCN(S(=O)(=O)c3c(C)nn(Cc4ccccc4)c3C)CC2)cc1. The van der Waals surface area contributed by atoms with E-state index in [2.05, 4.69) is 10.4 Å². The third kappa shape index (κ3) is 5.28. The standard InChI is InChI=1S/C25H29N5O4S/c1-18-24(19(2)30(27-18)17-21-7-5-4-6-8-21)35(33,34)29-15-13-28(14-16-29)25(32)22-9-11-23(12-10-22)26-20(3)31/h4-12H,13-17H2,1-3H3,(H,26,31). The van der Waals surface area contributed by atoms with Gasteiger partial charge in [-0.3, -0.25) is 14.3 Å². The smallest absolute Gasteiger partial charge is 0.253 e. The Hall–Kier alpha value is -3.50. The minimum Gasteiger partial charge on any atom is -0.336 e. The van der Waals surface area contributed by atoms with E-state index in [1.54, 1.807) is 47.7 Å². The van der Waals surface area contributed by atoms with E-state index in [1.807, 2.05) is 30.3 Å². The lowest BCUT2D eigenvalue weighted by Gasteiger charge is -2.34. The molecule has 2 amide bonds. The van der Waals surface area contributed by atoms with Gasteiger partial charge < -0.3 is 10.2 Å². The second kappa shape index (κ2) is 10.0. The first-order chi connectivity index (χ1) is 16.7. The molecule has 1 saturated heterocycles. The largest absolute Gasteiger partial charge is 0.336 e. The highest BCUT2D eigenvalue weighted by Crippen LogP contribution is 2.25. The van der Waals surface area contributed by atoms with E-state index in [1.165, 1.54) is 11.2 Å². The van der Waals surface area contributed by atoms with Crippen LogP contribution in [0, 0.1) is 13.8 Å².